The lowest BCUT2D eigenvalue weighted by atomic mass is 10.1. The second kappa shape index (κ2) is 9.41. The van der Waals surface area contributed by atoms with Crippen LogP contribution < -0.4 is 16.4 Å². The molecule has 0 saturated heterocycles. The summed E-state index contributed by atoms with van der Waals surface area (Å²) in [5.41, 5.74) is 8.22. The van der Waals surface area contributed by atoms with E-state index in [1.807, 2.05) is 30.3 Å². The number of pyridine rings is 2. The number of aromatic nitrogens is 2. The first-order chi connectivity index (χ1) is 14.6. The van der Waals surface area contributed by atoms with Crippen molar-refractivity contribution in [2.45, 2.75) is 31.8 Å². The van der Waals surface area contributed by atoms with Crippen molar-refractivity contribution in [2.75, 3.05) is 17.2 Å². The van der Waals surface area contributed by atoms with Gasteiger partial charge < -0.3 is 16.4 Å². The van der Waals surface area contributed by atoms with Gasteiger partial charge in [0, 0.05) is 24.3 Å². The fourth-order valence-electron chi connectivity index (χ4n) is 3.87. The highest BCUT2D eigenvalue weighted by Gasteiger charge is 2.23. The monoisotopic (exact) mass is 425 g/mol. The molecule has 7 heteroatoms. The maximum atomic E-state index is 13.4. The van der Waals surface area contributed by atoms with Gasteiger partial charge in [-0.05, 0) is 67.6 Å². The third kappa shape index (κ3) is 5.07. The third-order valence-corrected chi connectivity index (χ3v) is 5.77. The van der Waals surface area contributed by atoms with Gasteiger partial charge in [0.25, 0.3) is 0 Å². The van der Waals surface area contributed by atoms with Crippen LogP contribution in [0.3, 0.4) is 0 Å². The summed E-state index contributed by atoms with van der Waals surface area (Å²) in [6, 6.07) is 14.5. The van der Waals surface area contributed by atoms with Crippen LogP contribution in [0.15, 0.2) is 54.7 Å². The van der Waals surface area contributed by atoms with Gasteiger partial charge in [0.05, 0.1) is 10.7 Å². The predicted octanol–water partition coefficient (Wildman–Crippen LogP) is 5.09. The molecule has 0 radical (unpaired) electrons. The van der Waals surface area contributed by atoms with Crippen LogP contribution in [0.2, 0.25) is 5.02 Å². The van der Waals surface area contributed by atoms with E-state index >= 15 is 0 Å². The van der Waals surface area contributed by atoms with Gasteiger partial charge in [-0.3, -0.25) is 0 Å². The highest BCUT2D eigenvalue weighted by atomic mass is 35.5. The molecule has 0 bridgehead atoms. The Hall–Kier alpha value is -2.70. The van der Waals surface area contributed by atoms with Crippen molar-refractivity contribution in [3.05, 3.63) is 71.1 Å². The fourth-order valence-corrected chi connectivity index (χ4v) is 4.07. The molecule has 2 atom stereocenters. The molecule has 2 heterocycles. The van der Waals surface area contributed by atoms with Crippen LogP contribution in [0.1, 0.15) is 24.8 Å². The van der Waals surface area contributed by atoms with Crippen LogP contribution in [0, 0.1) is 11.7 Å². The average molecular weight is 426 g/mol. The summed E-state index contributed by atoms with van der Waals surface area (Å²) < 4.78 is 13.4. The summed E-state index contributed by atoms with van der Waals surface area (Å²) in [5.74, 6) is 1.81. The number of rotatable bonds is 7. The largest absolute Gasteiger partial charge is 0.367 e. The summed E-state index contributed by atoms with van der Waals surface area (Å²) in [7, 11) is 0. The normalized spacial score (nSPS) is 18.4. The van der Waals surface area contributed by atoms with Crippen molar-refractivity contribution in [3.63, 3.8) is 0 Å². The van der Waals surface area contributed by atoms with E-state index in [0.717, 1.165) is 48.4 Å². The zero-order valence-corrected chi connectivity index (χ0v) is 17.4. The molecule has 4 rings (SSSR count). The summed E-state index contributed by atoms with van der Waals surface area (Å²) in [4.78, 5) is 9.11. The zero-order valence-electron chi connectivity index (χ0n) is 16.6. The summed E-state index contributed by atoms with van der Waals surface area (Å²) in [6.07, 6.45) is 4.96. The van der Waals surface area contributed by atoms with E-state index in [0.29, 0.717) is 29.3 Å². The first-order valence-corrected chi connectivity index (χ1v) is 10.6. The summed E-state index contributed by atoms with van der Waals surface area (Å²) >= 11 is 6.43. The van der Waals surface area contributed by atoms with Crippen LogP contribution in [-0.4, -0.2) is 22.6 Å². The number of nitrogens with zero attached hydrogens (tertiary/aromatic N) is 2. The van der Waals surface area contributed by atoms with Crippen molar-refractivity contribution < 1.29 is 4.39 Å². The summed E-state index contributed by atoms with van der Waals surface area (Å²) in [6.45, 7) is 1.21. The van der Waals surface area contributed by atoms with Gasteiger partial charge in [-0.25, -0.2) is 14.4 Å². The Morgan fingerprint density at radius 1 is 1.10 bits per heavy atom. The van der Waals surface area contributed by atoms with Crippen LogP contribution in [-0.2, 0) is 6.54 Å². The van der Waals surface area contributed by atoms with Gasteiger partial charge in [0.1, 0.15) is 17.5 Å². The minimum atomic E-state index is -0.250. The number of anilines is 2. The van der Waals surface area contributed by atoms with Crippen molar-refractivity contribution >= 4 is 23.2 Å². The third-order valence-electron chi connectivity index (χ3n) is 5.47. The van der Waals surface area contributed by atoms with Crippen LogP contribution in [0.25, 0.3) is 11.3 Å². The molecule has 156 valence electrons. The number of benzene rings is 1. The highest BCUT2D eigenvalue weighted by molar-refractivity contribution is 6.33. The lowest BCUT2D eigenvalue weighted by molar-refractivity contribution is 0.555. The second-order valence-electron chi connectivity index (χ2n) is 7.70. The van der Waals surface area contributed by atoms with E-state index in [2.05, 4.69) is 20.6 Å². The van der Waals surface area contributed by atoms with Crippen molar-refractivity contribution in [2.24, 2.45) is 11.7 Å². The van der Waals surface area contributed by atoms with E-state index < -0.39 is 0 Å². The van der Waals surface area contributed by atoms with Gasteiger partial charge in [-0.2, -0.15) is 0 Å². The Balaban J connectivity index is 1.48. The number of nitrogens with one attached hydrogen (secondary N) is 2. The Bertz CT molecular complexity index is 1010. The number of hydrogen-bond acceptors (Lipinski definition) is 5. The molecule has 5 nitrogen and oxygen atoms in total. The lowest BCUT2D eigenvalue weighted by Crippen LogP contribution is -2.18. The molecule has 1 aliphatic carbocycles. The van der Waals surface area contributed by atoms with E-state index in [4.69, 9.17) is 17.3 Å². The standard InChI is InChI=1S/C23H25ClFN5/c24-20-14-28-23(29-18-8-7-15(10-18)12-26)11-19(20)21-5-2-6-22(30-21)27-13-16-3-1-4-17(25)9-16/h1-6,9,11,14-15,18H,7-8,10,12-13,26H2,(H,27,30)(H,28,29)/t15-,18?/m1/s1. The number of hydrogen-bond donors (Lipinski definition) is 3. The molecule has 0 spiro atoms. The number of nitrogens with two attached hydrogens (primary N) is 1. The fraction of sp³-hybridized carbons (Fsp3) is 0.304. The molecule has 0 aliphatic heterocycles. The van der Waals surface area contributed by atoms with E-state index in [1.165, 1.54) is 12.1 Å². The zero-order chi connectivity index (χ0) is 20.9. The maximum Gasteiger partial charge on any atom is 0.126 e. The Kier molecular flexibility index (Phi) is 6.45. The topological polar surface area (TPSA) is 75.9 Å². The molecule has 1 fully saturated rings. The molecule has 1 saturated carbocycles. The highest BCUT2D eigenvalue weighted by Crippen LogP contribution is 2.31. The second-order valence-corrected chi connectivity index (χ2v) is 8.10. The first kappa shape index (κ1) is 20.6. The van der Waals surface area contributed by atoms with Crippen molar-refractivity contribution in [1.82, 2.24) is 9.97 Å². The van der Waals surface area contributed by atoms with Gasteiger partial charge in [-0.1, -0.05) is 29.8 Å². The van der Waals surface area contributed by atoms with E-state index in [9.17, 15) is 4.39 Å². The molecule has 1 aromatic carbocycles. The average Bonchev–Trinajstić information content (AvgIpc) is 3.21. The molecular weight excluding hydrogens is 401 g/mol. The predicted molar refractivity (Wildman–Crippen MR) is 120 cm³/mol. The lowest BCUT2D eigenvalue weighted by Gasteiger charge is -2.15. The first-order valence-electron chi connectivity index (χ1n) is 10.2. The Morgan fingerprint density at radius 2 is 1.97 bits per heavy atom. The Labute approximate surface area is 180 Å². The molecular formula is C23H25ClFN5. The number of halogens is 2. The molecule has 0 amide bonds. The molecule has 2 aromatic heterocycles. The van der Waals surface area contributed by atoms with Crippen molar-refractivity contribution in [3.8, 4) is 11.3 Å². The molecule has 30 heavy (non-hydrogen) atoms. The quantitative estimate of drug-likeness (QED) is 0.491. The minimum absolute atomic E-state index is 0.250. The van der Waals surface area contributed by atoms with Gasteiger partial charge in [0.2, 0.25) is 0 Å². The van der Waals surface area contributed by atoms with Gasteiger partial charge in [-0.15, -0.1) is 0 Å². The molecule has 1 aliphatic rings. The van der Waals surface area contributed by atoms with E-state index in [1.54, 1.807) is 12.3 Å². The molecule has 3 aromatic rings. The van der Waals surface area contributed by atoms with Crippen LogP contribution in [0.5, 0.6) is 0 Å². The SMILES string of the molecule is NC[C@@H]1CCC(Nc2cc(-c3cccc(NCc4cccc(F)c4)n3)c(Cl)cn2)C1. The van der Waals surface area contributed by atoms with Crippen LogP contribution in [0.4, 0.5) is 16.0 Å². The maximum absolute atomic E-state index is 13.4. The molecule has 1 unspecified atom stereocenters. The molecule has 4 N–H and O–H groups in total. The van der Waals surface area contributed by atoms with Gasteiger partial charge >= 0.3 is 0 Å². The van der Waals surface area contributed by atoms with Crippen molar-refractivity contribution in [1.29, 1.82) is 0 Å². The summed E-state index contributed by atoms with van der Waals surface area (Å²) in [5, 5.41) is 7.29. The van der Waals surface area contributed by atoms with Crippen LogP contribution >= 0.6 is 11.6 Å². The smallest absolute Gasteiger partial charge is 0.126 e. The minimum Gasteiger partial charge on any atom is -0.367 e. The van der Waals surface area contributed by atoms with Gasteiger partial charge in [0.15, 0.2) is 0 Å². The van der Waals surface area contributed by atoms with E-state index in [-0.39, 0.29) is 5.82 Å². The Morgan fingerprint density at radius 3 is 2.77 bits per heavy atom.